The molecule has 1 unspecified atom stereocenters. The molecule has 0 aromatic carbocycles. The van der Waals surface area contributed by atoms with E-state index in [1.165, 1.54) is 6.42 Å². The number of halogens is 1. The molecule has 0 aliphatic heterocycles. The minimum Gasteiger partial charge on any atom is -0.328 e. The highest BCUT2D eigenvalue weighted by Crippen LogP contribution is 1.94. The Bertz CT molecular complexity index is 39.5. The van der Waals surface area contributed by atoms with Crippen molar-refractivity contribution in [2.75, 3.05) is 0 Å². The van der Waals surface area contributed by atoms with Crippen LogP contribution in [0.5, 0.6) is 0 Å². The predicted octanol–water partition coefficient (Wildman–Crippen LogP) is 1.76. The minimum absolute atomic E-state index is 0. The van der Waals surface area contributed by atoms with Gasteiger partial charge < -0.3 is 5.73 Å². The molecule has 0 heterocycles. The van der Waals surface area contributed by atoms with Gasteiger partial charge in [-0.2, -0.15) is 0 Å². The highest BCUT2D eigenvalue weighted by molar-refractivity contribution is 5.85. The van der Waals surface area contributed by atoms with Crippen LogP contribution < -0.4 is 5.73 Å². The Kier molecular flexibility index (Phi) is 10.1. The Morgan fingerprint density at radius 2 is 2.12 bits per heavy atom. The molecule has 0 aliphatic rings. The van der Waals surface area contributed by atoms with E-state index in [9.17, 15) is 0 Å². The number of rotatable bonds is 3. The van der Waals surface area contributed by atoms with E-state index in [0.717, 1.165) is 12.8 Å². The van der Waals surface area contributed by atoms with Crippen LogP contribution in [0.1, 0.15) is 26.2 Å². The Morgan fingerprint density at radius 1 is 1.62 bits per heavy atom. The molecule has 0 aliphatic carbocycles. The fourth-order valence-corrected chi connectivity index (χ4v) is 0.515. The Labute approximate surface area is 58.1 Å². The summed E-state index contributed by atoms with van der Waals surface area (Å²) in [6.07, 6.45) is 3.16. The summed E-state index contributed by atoms with van der Waals surface area (Å²) in [5, 5.41) is 0. The van der Waals surface area contributed by atoms with Gasteiger partial charge in [0.2, 0.25) is 0 Å². The number of hydrogen-bond donors (Lipinski definition) is 1. The predicted molar refractivity (Wildman–Crippen MR) is 40.1 cm³/mol. The minimum atomic E-state index is 0. The van der Waals surface area contributed by atoms with Crippen LogP contribution in [0.2, 0.25) is 0 Å². The molecule has 0 aromatic heterocycles. The zero-order valence-corrected chi connectivity index (χ0v) is 6.21. The van der Waals surface area contributed by atoms with E-state index in [1.54, 1.807) is 0 Å². The molecule has 0 amide bonds. The first-order valence-corrected chi connectivity index (χ1v) is 2.86. The van der Waals surface area contributed by atoms with Gasteiger partial charge >= 0.3 is 0 Å². The maximum Gasteiger partial charge on any atom is 0.00387 e. The zero-order valence-electron chi connectivity index (χ0n) is 5.39. The van der Waals surface area contributed by atoms with Gasteiger partial charge in [-0.1, -0.05) is 20.3 Å². The van der Waals surface area contributed by atoms with Gasteiger partial charge in [0, 0.05) is 6.04 Å². The van der Waals surface area contributed by atoms with E-state index in [-0.39, 0.29) is 12.4 Å². The quantitative estimate of drug-likeness (QED) is 0.629. The average Bonchev–Trinajstić information content (AvgIpc) is 1.68. The van der Waals surface area contributed by atoms with Crippen molar-refractivity contribution in [3.63, 3.8) is 0 Å². The molecule has 2 heteroatoms. The standard InChI is InChI=1S/C6H14N.ClH/c1-3-5-6(7)4-2;/h6H,2-5,7H2,1H3;1H. The van der Waals surface area contributed by atoms with Crippen LogP contribution in [-0.2, 0) is 0 Å². The highest BCUT2D eigenvalue weighted by Gasteiger charge is 1.92. The summed E-state index contributed by atoms with van der Waals surface area (Å²) in [6, 6.07) is 0.338. The second-order valence-corrected chi connectivity index (χ2v) is 1.84. The van der Waals surface area contributed by atoms with E-state index < -0.39 is 0 Å². The topological polar surface area (TPSA) is 26.0 Å². The van der Waals surface area contributed by atoms with Crippen molar-refractivity contribution in [3.8, 4) is 0 Å². The summed E-state index contributed by atoms with van der Waals surface area (Å²) in [4.78, 5) is 0. The van der Waals surface area contributed by atoms with Crippen molar-refractivity contribution in [2.24, 2.45) is 5.73 Å². The lowest BCUT2D eigenvalue weighted by Gasteiger charge is -2.03. The van der Waals surface area contributed by atoms with Gasteiger partial charge in [0.15, 0.2) is 0 Å². The fraction of sp³-hybridized carbons (Fsp3) is 0.833. The Hall–Kier alpha value is 0.250. The van der Waals surface area contributed by atoms with Crippen LogP contribution in [0, 0.1) is 6.92 Å². The number of hydrogen-bond acceptors (Lipinski definition) is 1. The summed E-state index contributed by atoms with van der Waals surface area (Å²) in [7, 11) is 0. The van der Waals surface area contributed by atoms with E-state index in [2.05, 4.69) is 13.8 Å². The molecular weight excluding hydrogens is 122 g/mol. The summed E-state index contributed by atoms with van der Waals surface area (Å²) in [5.41, 5.74) is 5.52. The molecule has 0 rings (SSSR count). The largest absolute Gasteiger partial charge is 0.328 e. The molecule has 2 N–H and O–H groups in total. The van der Waals surface area contributed by atoms with Gasteiger partial charge in [0.25, 0.3) is 0 Å². The maximum absolute atomic E-state index is 5.52. The first-order chi connectivity index (χ1) is 3.31. The maximum atomic E-state index is 5.52. The third kappa shape index (κ3) is 6.25. The average molecular weight is 137 g/mol. The lowest BCUT2D eigenvalue weighted by atomic mass is 10.1. The summed E-state index contributed by atoms with van der Waals surface area (Å²) < 4.78 is 0. The van der Waals surface area contributed by atoms with Gasteiger partial charge in [-0.25, -0.2) is 0 Å². The third-order valence-corrected chi connectivity index (χ3v) is 1.03. The molecule has 0 saturated heterocycles. The van der Waals surface area contributed by atoms with Crippen LogP contribution in [-0.4, -0.2) is 6.04 Å². The van der Waals surface area contributed by atoms with Crippen LogP contribution >= 0.6 is 12.4 Å². The Balaban J connectivity index is 0. The van der Waals surface area contributed by atoms with Crippen molar-refractivity contribution >= 4 is 12.4 Å². The molecule has 0 aromatic rings. The summed E-state index contributed by atoms with van der Waals surface area (Å²) in [5.74, 6) is 0. The van der Waals surface area contributed by atoms with Crippen molar-refractivity contribution in [1.82, 2.24) is 0 Å². The van der Waals surface area contributed by atoms with Crippen molar-refractivity contribution in [2.45, 2.75) is 32.2 Å². The van der Waals surface area contributed by atoms with Gasteiger partial charge in [0.05, 0.1) is 0 Å². The molecule has 0 spiro atoms. The van der Waals surface area contributed by atoms with Gasteiger partial charge in [-0.05, 0) is 12.8 Å². The van der Waals surface area contributed by atoms with E-state index in [0.29, 0.717) is 6.04 Å². The Morgan fingerprint density at radius 3 is 2.25 bits per heavy atom. The molecule has 0 bridgehead atoms. The fourth-order valence-electron chi connectivity index (χ4n) is 0.515. The van der Waals surface area contributed by atoms with Crippen LogP contribution in [0.4, 0.5) is 0 Å². The van der Waals surface area contributed by atoms with Crippen LogP contribution in [0.25, 0.3) is 0 Å². The van der Waals surface area contributed by atoms with Gasteiger partial charge in [0.1, 0.15) is 0 Å². The molecule has 8 heavy (non-hydrogen) atoms. The third-order valence-electron chi connectivity index (χ3n) is 1.03. The zero-order chi connectivity index (χ0) is 5.70. The molecular formula is C6H15ClN. The lowest BCUT2D eigenvalue weighted by Crippen LogP contribution is -2.17. The van der Waals surface area contributed by atoms with Gasteiger partial charge in [-0.15, -0.1) is 12.4 Å². The number of nitrogens with two attached hydrogens (primary N) is 1. The van der Waals surface area contributed by atoms with Crippen molar-refractivity contribution < 1.29 is 0 Å². The SMILES string of the molecule is Cl.[CH2]CC(N)CCC. The van der Waals surface area contributed by atoms with E-state index >= 15 is 0 Å². The molecule has 0 fully saturated rings. The molecule has 0 saturated carbocycles. The normalized spacial score (nSPS) is 12.4. The monoisotopic (exact) mass is 136 g/mol. The molecule has 51 valence electrons. The summed E-state index contributed by atoms with van der Waals surface area (Å²) >= 11 is 0. The lowest BCUT2D eigenvalue weighted by molar-refractivity contribution is 0.609. The highest BCUT2D eigenvalue weighted by atomic mass is 35.5. The van der Waals surface area contributed by atoms with Crippen LogP contribution in [0.15, 0.2) is 0 Å². The van der Waals surface area contributed by atoms with Crippen molar-refractivity contribution in [3.05, 3.63) is 6.92 Å². The molecule has 1 atom stereocenters. The second kappa shape index (κ2) is 7.25. The molecule has 1 radical (unpaired) electrons. The molecule has 1 nitrogen and oxygen atoms in total. The van der Waals surface area contributed by atoms with Crippen LogP contribution in [0.3, 0.4) is 0 Å². The first kappa shape index (κ1) is 11.1. The van der Waals surface area contributed by atoms with Crippen molar-refractivity contribution in [1.29, 1.82) is 0 Å². The van der Waals surface area contributed by atoms with E-state index in [1.807, 2.05) is 0 Å². The summed E-state index contributed by atoms with van der Waals surface area (Å²) in [6.45, 7) is 5.81. The second-order valence-electron chi connectivity index (χ2n) is 1.84. The van der Waals surface area contributed by atoms with Gasteiger partial charge in [-0.3, -0.25) is 0 Å². The first-order valence-electron chi connectivity index (χ1n) is 2.86. The van der Waals surface area contributed by atoms with E-state index in [4.69, 9.17) is 5.73 Å². The smallest absolute Gasteiger partial charge is 0.00387 e.